The molecule has 2 amide bonds. The van der Waals surface area contributed by atoms with Crippen LogP contribution in [0.3, 0.4) is 0 Å². The van der Waals surface area contributed by atoms with E-state index in [0.717, 1.165) is 12.0 Å². The number of carbonyl (C=O) groups is 2. The molecule has 7 heteroatoms. The van der Waals surface area contributed by atoms with Crippen LogP contribution in [0.25, 0.3) is 0 Å². The summed E-state index contributed by atoms with van der Waals surface area (Å²) in [5.74, 6) is 0.483. The molecule has 0 unspecified atom stereocenters. The third-order valence-electron chi connectivity index (χ3n) is 4.25. The van der Waals surface area contributed by atoms with Gasteiger partial charge < -0.3 is 15.1 Å². The first-order valence-electron chi connectivity index (χ1n) is 8.26. The average molecular weight is 339 g/mol. The number of hydrogen-bond donors (Lipinski definition) is 1. The molecule has 1 aliphatic heterocycles. The molecule has 1 fully saturated rings. The Hall–Kier alpha value is -2.96. The van der Waals surface area contributed by atoms with Crippen molar-refractivity contribution in [3.05, 3.63) is 53.5 Å². The Morgan fingerprint density at radius 2 is 1.88 bits per heavy atom. The molecular formula is C18H21N5O2. The molecule has 2 heterocycles. The number of rotatable bonds is 5. The first-order valence-corrected chi connectivity index (χ1v) is 8.26. The molecule has 0 aliphatic carbocycles. The van der Waals surface area contributed by atoms with Crippen LogP contribution in [0.2, 0.25) is 0 Å². The van der Waals surface area contributed by atoms with Crippen LogP contribution < -0.4 is 10.2 Å². The van der Waals surface area contributed by atoms with E-state index < -0.39 is 0 Å². The monoisotopic (exact) mass is 339 g/mol. The summed E-state index contributed by atoms with van der Waals surface area (Å²) in [7, 11) is 0. The van der Waals surface area contributed by atoms with Gasteiger partial charge in [-0.1, -0.05) is 29.8 Å². The first kappa shape index (κ1) is 16.9. The van der Waals surface area contributed by atoms with Gasteiger partial charge in [0.05, 0.1) is 0 Å². The third kappa shape index (κ3) is 4.32. The zero-order valence-corrected chi connectivity index (χ0v) is 14.2. The molecule has 0 saturated carbocycles. The maximum atomic E-state index is 12.3. The number of nitrogens with zero attached hydrogens (tertiary/aromatic N) is 4. The van der Waals surface area contributed by atoms with Crippen LogP contribution in [-0.4, -0.2) is 53.4 Å². The fourth-order valence-corrected chi connectivity index (χ4v) is 2.68. The summed E-state index contributed by atoms with van der Waals surface area (Å²) in [4.78, 5) is 35.2. The summed E-state index contributed by atoms with van der Waals surface area (Å²) in [6.07, 6.45) is 2.27. The molecular weight excluding hydrogens is 318 g/mol. The van der Waals surface area contributed by atoms with E-state index in [2.05, 4.69) is 20.2 Å². The van der Waals surface area contributed by atoms with Crippen molar-refractivity contribution in [1.82, 2.24) is 20.2 Å². The van der Waals surface area contributed by atoms with Gasteiger partial charge in [-0.05, 0) is 12.5 Å². The van der Waals surface area contributed by atoms with E-state index in [0.29, 0.717) is 44.2 Å². The standard InChI is InChI=1S/C18H21N5O2/c1-14-2-4-15(5-3-14)11-19-18(25)16-10-17(21-12-20-16)23-8-6-22(13-24)7-9-23/h2-5,10,12-13H,6-9,11H2,1H3,(H,19,25). The molecule has 1 aliphatic rings. The largest absolute Gasteiger partial charge is 0.353 e. The molecule has 0 bridgehead atoms. The van der Waals surface area contributed by atoms with E-state index in [-0.39, 0.29) is 5.91 Å². The predicted molar refractivity (Wildman–Crippen MR) is 94.2 cm³/mol. The van der Waals surface area contributed by atoms with Gasteiger partial charge in [-0.3, -0.25) is 9.59 Å². The van der Waals surface area contributed by atoms with Gasteiger partial charge in [-0.25, -0.2) is 9.97 Å². The number of amides is 2. The van der Waals surface area contributed by atoms with Crippen LogP contribution in [0, 0.1) is 6.92 Å². The Kier molecular flexibility index (Phi) is 5.23. The number of carbonyl (C=O) groups excluding carboxylic acids is 2. The lowest BCUT2D eigenvalue weighted by atomic mass is 10.1. The molecule has 130 valence electrons. The van der Waals surface area contributed by atoms with Crippen molar-refractivity contribution in [2.75, 3.05) is 31.1 Å². The molecule has 0 radical (unpaired) electrons. The number of hydrogen-bond acceptors (Lipinski definition) is 5. The second kappa shape index (κ2) is 7.74. The smallest absolute Gasteiger partial charge is 0.270 e. The zero-order chi connectivity index (χ0) is 17.6. The number of aryl methyl sites for hydroxylation is 1. The fourth-order valence-electron chi connectivity index (χ4n) is 2.68. The second-order valence-corrected chi connectivity index (χ2v) is 6.06. The van der Waals surface area contributed by atoms with Gasteiger partial charge in [-0.15, -0.1) is 0 Å². The zero-order valence-electron chi connectivity index (χ0n) is 14.2. The number of benzene rings is 1. The van der Waals surface area contributed by atoms with Crippen molar-refractivity contribution >= 4 is 18.1 Å². The average Bonchev–Trinajstić information content (AvgIpc) is 2.67. The van der Waals surface area contributed by atoms with E-state index in [1.165, 1.54) is 11.9 Å². The van der Waals surface area contributed by atoms with Crippen molar-refractivity contribution < 1.29 is 9.59 Å². The highest BCUT2D eigenvalue weighted by atomic mass is 16.2. The van der Waals surface area contributed by atoms with Crippen LogP contribution in [0.15, 0.2) is 36.7 Å². The molecule has 25 heavy (non-hydrogen) atoms. The summed E-state index contributed by atoms with van der Waals surface area (Å²) in [6.45, 7) is 5.18. The van der Waals surface area contributed by atoms with Crippen molar-refractivity contribution in [3.8, 4) is 0 Å². The molecule has 0 spiro atoms. The summed E-state index contributed by atoms with van der Waals surface area (Å²) in [5, 5.41) is 2.88. The van der Waals surface area contributed by atoms with Crippen LogP contribution >= 0.6 is 0 Å². The molecule has 7 nitrogen and oxygen atoms in total. The Bertz CT molecular complexity index is 739. The number of anilines is 1. The Morgan fingerprint density at radius 1 is 1.16 bits per heavy atom. The van der Waals surface area contributed by atoms with Gasteiger partial charge in [0.2, 0.25) is 6.41 Å². The van der Waals surface area contributed by atoms with Gasteiger partial charge in [0.25, 0.3) is 5.91 Å². The number of nitrogens with one attached hydrogen (secondary N) is 1. The molecule has 3 rings (SSSR count). The van der Waals surface area contributed by atoms with Gasteiger partial charge >= 0.3 is 0 Å². The van der Waals surface area contributed by atoms with E-state index in [1.54, 1.807) is 11.0 Å². The molecule has 1 N–H and O–H groups in total. The van der Waals surface area contributed by atoms with Crippen molar-refractivity contribution in [2.45, 2.75) is 13.5 Å². The first-order chi connectivity index (χ1) is 12.2. The third-order valence-corrected chi connectivity index (χ3v) is 4.25. The summed E-state index contributed by atoms with van der Waals surface area (Å²) in [5.41, 5.74) is 2.57. The van der Waals surface area contributed by atoms with Gasteiger partial charge in [0.1, 0.15) is 17.8 Å². The lowest BCUT2D eigenvalue weighted by molar-refractivity contribution is -0.118. The van der Waals surface area contributed by atoms with Crippen molar-refractivity contribution in [2.24, 2.45) is 0 Å². The molecule has 1 aromatic heterocycles. The Labute approximate surface area is 146 Å². The van der Waals surface area contributed by atoms with E-state index in [4.69, 9.17) is 0 Å². The van der Waals surface area contributed by atoms with E-state index in [1.807, 2.05) is 31.2 Å². The summed E-state index contributed by atoms with van der Waals surface area (Å²) in [6, 6.07) is 9.72. The van der Waals surface area contributed by atoms with Crippen molar-refractivity contribution in [3.63, 3.8) is 0 Å². The Balaban J connectivity index is 1.61. The molecule has 1 saturated heterocycles. The maximum Gasteiger partial charge on any atom is 0.270 e. The number of piperazine rings is 1. The molecule has 1 aromatic carbocycles. The van der Waals surface area contributed by atoms with Crippen molar-refractivity contribution in [1.29, 1.82) is 0 Å². The minimum atomic E-state index is -0.226. The predicted octanol–water partition coefficient (Wildman–Crippen LogP) is 0.993. The fraction of sp³-hybridized carbons (Fsp3) is 0.333. The molecule has 2 aromatic rings. The Morgan fingerprint density at radius 3 is 2.56 bits per heavy atom. The summed E-state index contributed by atoms with van der Waals surface area (Å²) < 4.78 is 0. The van der Waals surface area contributed by atoms with Gasteiger partial charge in [0, 0.05) is 38.8 Å². The summed E-state index contributed by atoms with van der Waals surface area (Å²) >= 11 is 0. The quantitative estimate of drug-likeness (QED) is 0.822. The highest BCUT2D eigenvalue weighted by Crippen LogP contribution is 2.13. The van der Waals surface area contributed by atoms with E-state index >= 15 is 0 Å². The van der Waals surface area contributed by atoms with Gasteiger partial charge in [0.15, 0.2) is 0 Å². The highest BCUT2D eigenvalue weighted by molar-refractivity contribution is 5.92. The normalized spacial score (nSPS) is 14.3. The molecule has 0 atom stereocenters. The lowest BCUT2D eigenvalue weighted by Crippen LogP contribution is -2.46. The van der Waals surface area contributed by atoms with Crippen LogP contribution in [0.4, 0.5) is 5.82 Å². The second-order valence-electron chi connectivity index (χ2n) is 6.06. The lowest BCUT2D eigenvalue weighted by Gasteiger charge is -2.33. The number of aromatic nitrogens is 2. The SMILES string of the molecule is Cc1ccc(CNC(=O)c2cc(N3CCN(C=O)CC3)ncn2)cc1. The minimum Gasteiger partial charge on any atom is -0.353 e. The van der Waals surface area contributed by atoms with Crippen LogP contribution in [0.5, 0.6) is 0 Å². The van der Waals surface area contributed by atoms with Crippen LogP contribution in [-0.2, 0) is 11.3 Å². The van der Waals surface area contributed by atoms with Gasteiger partial charge in [-0.2, -0.15) is 0 Å². The highest BCUT2D eigenvalue weighted by Gasteiger charge is 2.18. The minimum absolute atomic E-state index is 0.226. The topological polar surface area (TPSA) is 78.4 Å². The van der Waals surface area contributed by atoms with E-state index in [9.17, 15) is 9.59 Å². The van der Waals surface area contributed by atoms with Crippen LogP contribution in [0.1, 0.15) is 21.6 Å². The maximum absolute atomic E-state index is 12.3.